The van der Waals surface area contributed by atoms with Gasteiger partial charge in [-0.3, -0.25) is 4.79 Å². The zero-order valence-corrected chi connectivity index (χ0v) is 15.6. The number of nitrogens with zero attached hydrogens (tertiary/aromatic N) is 6. The molecule has 1 aliphatic rings. The van der Waals surface area contributed by atoms with Crippen molar-refractivity contribution < 1.29 is 18.0 Å². The second-order valence-electron chi connectivity index (χ2n) is 6.24. The van der Waals surface area contributed by atoms with E-state index >= 15 is 0 Å². The van der Waals surface area contributed by atoms with E-state index in [-0.39, 0.29) is 5.56 Å². The molecule has 148 valence electrons. The highest BCUT2D eigenvalue weighted by molar-refractivity contribution is 6.34. The average Bonchev–Trinajstić information content (AvgIpc) is 3.13. The van der Waals surface area contributed by atoms with Crippen molar-refractivity contribution in [3.63, 3.8) is 0 Å². The Balaban J connectivity index is 1.70. The van der Waals surface area contributed by atoms with Gasteiger partial charge in [0.15, 0.2) is 0 Å². The summed E-state index contributed by atoms with van der Waals surface area (Å²) in [5.41, 5.74) is 0.373. The van der Waals surface area contributed by atoms with Crippen molar-refractivity contribution in [1.29, 1.82) is 0 Å². The molecule has 0 bridgehead atoms. The lowest BCUT2D eigenvalue weighted by Crippen LogP contribution is -2.31. The second-order valence-corrected chi connectivity index (χ2v) is 6.62. The third-order valence-corrected chi connectivity index (χ3v) is 4.91. The summed E-state index contributed by atoms with van der Waals surface area (Å²) >= 11 is 5.90. The smallest absolute Gasteiger partial charge is 0.306 e. The Morgan fingerprint density at radius 2 is 1.93 bits per heavy atom. The number of alkyl halides is 3. The van der Waals surface area contributed by atoms with E-state index in [0.29, 0.717) is 17.1 Å². The van der Waals surface area contributed by atoms with Crippen LogP contribution in [-0.2, 0) is 6.18 Å². The minimum Gasteiger partial charge on any atom is -0.306 e. The summed E-state index contributed by atoms with van der Waals surface area (Å²) in [4.78, 5) is 22.1. The Bertz CT molecular complexity index is 1110. The molecule has 0 radical (unpaired) electrons. The van der Waals surface area contributed by atoms with Crippen LogP contribution >= 0.6 is 11.6 Å². The van der Waals surface area contributed by atoms with Crippen LogP contribution in [0.15, 0.2) is 43.1 Å². The van der Waals surface area contributed by atoms with Crippen LogP contribution in [0, 0.1) is 0 Å². The Morgan fingerprint density at radius 3 is 2.62 bits per heavy atom. The fourth-order valence-electron chi connectivity index (χ4n) is 3.06. The molecule has 1 aliphatic heterocycles. The SMILES string of the molecule is CC1c2nnn(-c3cncnc3)c2C=CN1C(=O)c1cccc(C(F)(F)F)c1Cl. The van der Waals surface area contributed by atoms with Crippen LogP contribution in [0.4, 0.5) is 13.2 Å². The molecule has 11 heteroatoms. The van der Waals surface area contributed by atoms with E-state index in [1.165, 1.54) is 28.2 Å². The fraction of sp³-hybridized carbons (Fsp3) is 0.167. The highest BCUT2D eigenvalue weighted by atomic mass is 35.5. The quantitative estimate of drug-likeness (QED) is 0.628. The normalized spacial score (nSPS) is 16.0. The van der Waals surface area contributed by atoms with Crippen molar-refractivity contribution in [2.45, 2.75) is 19.1 Å². The molecule has 1 amide bonds. The lowest BCUT2D eigenvalue weighted by Gasteiger charge is -2.28. The Hall–Kier alpha value is -3.27. The van der Waals surface area contributed by atoms with E-state index in [9.17, 15) is 18.0 Å². The molecule has 0 saturated carbocycles. The van der Waals surface area contributed by atoms with E-state index in [4.69, 9.17) is 11.6 Å². The van der Waals surface area contributed by atoms with Crippen LogP contribution in [0.25, 0.3) is 11.8 Å². The maximum absolute atomic E-state index is 13.1. The number of carbonyl (C=O) groups is 1. The largest absolute Gasteiger partial charge is 0.417 e. The summed E-state index contributed by atoms with van der Waals surface area (Å²) in [7, 11) is 0. The zero-order chi connectivity index (χ0) is 20.8. The number of rotatable bonds is 2. The van der Waals surface area contributed by atoms with Crippen LogP contribution < -0.4 is 0 Å². The fourth-order valence-corrected chi connectivity index (χ4v) is 3.37. The van der Waals surface area contributed by atoms with Gasteiger partial charge in [0.2, 0.25) is 0 Å². The highest BCUT2D eigenvalue weighted by Gasteiger charge is 2.36. The first-order valence-electron chi connectivity index (χ1n) is 8.36. The summed E-state index contributed by atoms with van der Waals surface area (Å²) < 4.78 is 40.9. The van der Waals surface area contributed by atoms with Gasteiger partial charge in [0.1, 0.15) is 17.7 Å². The first-order chi connectivity index (χ1) is 13.8. The summed E-state index contributed by atoms with van der Waals surface area (Å²) in [5.74, 6) is -0.673. The summed E-state index contributed by atoms with van der Waals surface area (Å²) in [6, 6.07) is 2.66. The average molecular weight is 421 g/mol. The minimum atomic E-state index is -4.66. The van der Waals surface area contributed by atoms with Crippen molar-refractivity contribution in [3.05, 3.63) is 70.7 Å². The number of halogens is 4. The number of hydrogen-bond donors (Lipinski definition) is 0. The van der Waals surface area contributed by atoms with Gasteiger partial charge in [-0.1, -0.05) is 22.9 Å². The Kier molecular flexibility index (Phi) is 4.58. The molecule has 3 aromatic rings. The number of carbonyl (C=O) groups excluding carboxylic acids is 1. The number of aromatic nitrogens is 5. The number of benzene rings is 1. The van der Waals surface area contributed by atoms with Gasteiger partial charge in [-0.05, 0) is 25.1 Å². The van der Waals surface area contributed by atoms with Crippen molar-refractivity contribution in [1.82, 2.24) is 29.9 Å². The molecule has 0 spiro atoms. The van der Waals surface area contributed by atoms with E-state index in [2.05, 4.69) is 20.3 Å². The minimum absolute atomic E-state index is 0.245. The van der Waals surface area contributed by atoms with Gasteiger partial charge >= 0.3 is 6.18 Å². The topological polar surface area (TPSA) is 76.8 Å². The third kappa shape index (κ3) is 3.25. The summed E-state index contributed by atoms with van der Waals surface area (Å²) in [6.07, 6.45) is 2.90. The van der Waals surface area contributed by atoms with E-state index in [1.807, 2.05) is 0 Å². The monoisotopic (exact) mass is 420 g/mol. The molecular weight excluding hydrogens is 409 g/mol. The molecule has 0 fully saturated rings. The Morgan fingerprint density at radius 1 is 1.21 bits per heavy atom. The predicted molar refractivity (Wildman–Crippen MR) is 97.0 cm³/mol. The van der Waals surface area contributed by atoms with Gasteiger partial charge in [0, 0.05) is 6.20 Å². The third-order valence-electron chi connectivity index (χ3n) is 4.50. The van der Waals surface area contributed by atoms with Gasteiger partial charge in [0.05, 0.1) is 40.3 Å². The predicted octanol–water partition coefficient (Wildman–Crippen LogP) is 3.92. The molecule has 1 aromatic carbocycles. The van der Waals surface area contributed by atoms with Crippen molar-refractivity contribution in [2.24, 2.45) is 0 Å². The Labute approximate surface area is 167 Å². The molecular formula is C18H12ClF3N6O. The van der Waals surface area contributed by atoms with Gasteiger partial charge < -0.3 is 4.90 Å². The zero-order valence-electron chi connectivity index (χ0n) is 14.8. The molecule has 7 nitrogen and oxygen atoms in total. The van der Waals surface area contributed by atoms with Gasteiger partial charge in [-0.15, -0.1) is 5.10 Å². The summed E-state index contributed by atoms with van der Waals surface area (Å²) in [5, 5.41) is 7.55. The molecule has 0 aliphatic carbocycles. The van der Waals surface area contributed by atoms with E-state index in [0.717, 1.165) is 12.1 Å². The number of hydrogen-bond acceptors (Lipinski definition) is 5. The van der Waals surface area contributed by atoms with Gasteiger partial charge in [0.25, 0.3) is 5.91 Å². The van der Waals surface area contributed by atoms with Crippen LogP contribution in [0.3, 0.4) is 0 Å². The lowest BCUT2D eigenvalue weighted by molar-refractivity contribution is -0.137. The maximum atomic E-state index is 13.1. The van der Waals surface area contributed by atoms with Gasteiger partial charge in [-0.25, -0.2) is 14.6 Å². The van der Waals surface area contributed by atoms with Crippen LogP contribution in [-0.4, -0.2) is 35.8 Å². The number of fused-ring (bicyclic) bond motifs is 1. The van der Waals surface area contributed by atoms with Crippen molar-refractivity contribution >= 4 is 23.6 Å². The molecule has 0 saturated heterocycles. The molecule has 3 heterocycles. The van der Waals surface area contributed by atoms with E-state index in [1.54, 1.807) is 25.4 Å². The van der Waals surface area contributed by atoms with Crippen molar-refractivity contribution in [3.8, 4) is 5.69 Å². The van der Waals surface area contributed by atoms with Crippen LogP contribution in [0.1, 0.15) is 40.3 Å². The van der Waals surface area contributed by atoms with Crippen LogP contribution in [0.5, 0.6) is 0 Å². The first-order valence-corrected chi connectivity index (χ1v) is 8.74. The molecule has 29 heavy (non-hydrogen) atoms. The maximum Gasteiger partial charge on any atom is 0.417 e. The van der Waals surface area contributed by atoms with Crippen molar-refractivity contribution in [2.75, 3.05) is 0 Å². The van der Waals surface area contributed by atoms with Crippen LogP contribution in [0.2, 0.25) is 5.02 Å². The molecule has 4 rings (SSSR count). The highest BCUT2D eigenvalue weighted by Crippen LogP contribution is 2.38. The first kappa shape index (κ1) is 19.1. The lowest BCUT2D eigenvalue weighted by atomic mass is 10.0. The van der Waals surface area contributed by atoms with Gasteiger partial charge in [-0.2, -0.15) is 13.2 Å². The number of amides is 1. The molecule has 1 unspecified atom stereocenters. The molecule has 2 aromatic heterocycles. The second kappa shape index (κ2) is 6.96. The summed E-state index contributed by atoms with van der Waals surface area (Å²) in [6.45, 7) is 1.70. The molecule has 0 N–H and O–H groups in total. The molecule has 1 atom stereocenters. The standard InChI is InChI=1S/C18H12ClF3N6O/c1-10-16-14(28(26-25-16)11-7-23-9-24-8-11)5-6-27(10)17(29)12-3-2-4-13(15(12)19)18(20,21)22/h2-10H,1H3. The van der Waals surface area contributed by atoms with E-state index < -0.39 is 28.7 Å².